The first-order valence-corrected chi connectivity index (χ1v) is 5.97. The average molecular weight is 239 g/mol. The third kappa shape index (κ3) is 3.52. The highest BCUT2D eigenvalue weighted by molar-refractivity contribution is 5.79. The van der Waals surface area contributed by atoms with Crippen molar-refractivity contribution in [3.8, 4) is 0 Å². The molecule has 1 unspecified atom stereocenters. The second kappa shape index (κ2) is 6.69. The molecule has 0 aromatic heterocycles. The number of benzene rings is 2. The van der Waals surface area contributed by atoms with Crippen LogP contribution in [0.1, 0.15) is 17.3 Å². The van der Waals surface area contributed by atoms with Crippen LogP contribution >= 0.6 is 0 Å². The maximum absolute atomic E-state index is 5.55. The zero-order valence-electron chi connectivity index (χ0n) is 10.2. The monoisotopic (exact) mass is 239 g/mol. The maximum Gasteiger partial charge on any atom is 0.126 e. The molecule has 0 spiro atoms. The minimum atomic E-state index is -0.101. The van der Waals surface area contributed by atoms with Gasteiger partial charge in [0.1, 0.15) is 6.17 Å². The Hall–Kier alpha value is -1.97. The number of nitrogens with one attached hydrogen (secondary N) is 1. The molecule has 0 heterocycles. The van der Waals surface area contributed by atoms with Crippen LogP contribution in [0.4, 0.5) is 0 Å². The predicted octanol–water partition coefficient (Wildman–Crippen LogP) is 2.31. The lowest BCUT2D eigenvalue weighted by Crippen LogP contribution is -2.26. The number of hydrogen-bond donors (Lipinski definition) is 2. The number of hydrogen-bond acceptors (Lipinski definition) is 3. The number of rotatable bonds is 5. The highest BCUT2D eigenvalue weighted by Gasteiger charge is 2.05. The number of aliphatic imine (C=N–C) groups is 1. The molecule has 0 saturated heterocycles. The Morgan fingerprint density at radius 2 is 1.61 bits per heavy atom. The summed E-state index contributed by atoms with van der Waals surface area (Å²) in [6.07, 6.45) is 1.76. The zero-order chi connectivity index (χ0) is 12.6. The Morgan fingerprint density at radius 3 is 2.22 bits per heavy atom. The molecule has 0 aliphatic carbocycles. The Morgan fingerprint density at radius 1 is 1.00 bits per heavy atom. The minimum Gasteiger partial charge on any atom is -0.318 e. The quantitative estimate of drug-likeness (QED) is 0.621. The number of nitrogens with zero attached hydrogens (tertiary/aromatic N) is 1. The van der Waals surface area contributed by atoms with Gasteiger partial charge in [-0.1, -0.05) is 60.7 Å². The molecule has 2 aromatic carbocycles. The summed E-state index contributed by atoms with van der Waals surface area (Å²) in [4.78, 5) is 4.54. The molecule has 2 aromatic rings. The van der Waals surface area contributed by atoms with Crippen molar-refractivity contribution in [3.05, 3.63) is 71.8 Å². The molecule has 0 saturated carbocycles. The van der Waals surface area contributed by atoms with E-state index in [1.54, 1.807) is 0 Å². The fraction of sp³-hybridized carbons (Fsp3) is 0.133. The smallest absolute Gasteiger partial charge is 0.126 e. The summed E-state index contributed by atoms with van der Waals surface area (Å²) in [5.74, 6) is 0. The third-order valence-corrected chi connectivity index (χ3v) is 2.60. The van der Waals surface area contributed by atoms with Crippen molar-refractivity contribution in [2.45, 2.75) is 6.17 Å². The molecular weight excluding hydrogens is 222 g/mol. The van der Waals surface area contributed by atoms with Crippen LogP contribution in [0.3, 0.4) is 0 Å². The molecular formula is C15H17N3. The normalized spacial score (nSPS) is 12.7. The molecule has 0 radical (unpaired) electrons. The lowest BCUT2D eigenvalue weighted by atomic mass is 10.2. The van der Waals surface area contributed by atoms with Gasteiger partial charge in [0.25, 0.3) is 0 Å². The SMILES string of the molecule is NCNC(N=Cc1ccccc1)c1ccccc1. The first-order valence-electron chi connectivity index (χ1n) is 5.97. The van der Waals surface area contributed by atoms with Gasteiger partial charge in [-0.05, 0) is 11.1 Å². The zero-order valence-corrected chi connectivity index (χ0v) is 10.2. The van der Waals surface area contributed by atoms with E-state index in [0.717, 1.165) is 11.1 Å². The van der Waals surface area contributed by atoms with E-state index in [-0.39, 0.29) is 6.17 Å². The van der Waals surface area contributed by atoms with Crippen LogP contribution < -0.4 is 11.1 Å². The molecule has 1 atom stereocenters. The first-order chi connectivity index (χ1) is 8.90. The van der Waals surface area contributed by atoms with E-state index in [2.05, 4.69) is 10.3 Å². The summed E-state index contributed by atoms with van der Waals surface area (Å²) < 4.78 is 0. The van der Waals surface area contributed by atoms with E-state index >= 15 is 0 Å². The molecule has 0 bridgehead atoms. The Kier molecular flexibility index (Phi) is 4.64. The molecule has 0 fully saturated rings. The van der Waals surface area contributed by atoms with Gasteiger partial charge in [0, 0.05) is 12.9 Å². The molecule has 2 rings (SSSR count). The van der Waals surface area contributed by atoms with Crippen molar-refractivity contribution < 1.29 is 0 Å². The van der Waals surface area contributed by atoms with E-state index in [9.17, 15) is 0 Å². The summed E-state index contributed by atoms with van der Waals surface area (Å²) >= 11 is 0. The van der Waals surface area contributed by atoms with Crippen LogP contribution in [0.5, 0.6) is 0 Å². The molecule has 0 amide bonds. The molecule has 3 nitrogen and oxygen atoms in total. The highest BCUT2D eigenvalue weighted by atomic mass is 15.1. The van der Waals surface area contributed by atoms with Gasteiger partial charge >= 0.3 is 0 Å². The molecule has 0 aliphatic rings. The van der Waals surface area contributed by atoms with Crippen molar-refractivity contribution in [1.82, 2.24) is 5.32 Å². The van der Waals surface area contributed by atoms with Gasteiger partial charge in [0.05, 0.1) is 0 Å². The van der Waals surface area contributed by atoms with Gasteiger partial charge < -0.3 is 5.73 Å². The van der Waals surface area contributed by atoms with Gasteiger partial charge in [-0.15, -0.1) is 0 Å². The maximum atomic E-state index is 5.55. The Bertz CT molecular complexity index is 480. The standard InChI is InChI=1S/C15H17N3/c16-12-18-15(14-9-5-2-6-10-14)17-11-13-7-3-1-4-8-13/h1-11,15,18H,12,16H2. The topological polar surface area (TPSA) is 50.4 Å². The largest absolute Gasteiger partial charge is 0.318 e. The third-order valence-electron chi connectivity index (χ3n) is 2.60. The number of nitrogens with two attached hydrogens (primary N) is 1. The molecule has 92 valence electrons. The minimum absolute atomic E-state index is 0.101. The lowest BCUT2D eigenvalue weighted by molar-refractivity contribution is 0.569. The van der Waals surface area contributed by atoms with E-state index in [0.29, 0.717) is 6.67 Å². The molecule has 18 heavy (non-hydrogen) atoms. The summed E-state index contributed by atoms with van der Waals surface area (Å²) in [7, 11) is 0. The van der Waals surface area contributed by atoms with Gasteiger partial charge in [-0.3, -0.25) is 10.3 Å². The van der Waals surface area contributed by atoms with Crippen molar-refractivity contribution in [2.24, 2.45) is 10.7 Å². The fourth-order valence-corrected chi connectivity index (χ4v) is 1.70. The van der Waals surface area contributed by atoms with E-state index in [1.807, 2.05) is 66.9 Å². The van der Waals surface area contributed by atoms with E-state index in [4.69, 9.17) is 5.73 Å². The second-order valence-electron chi connectivity index (χ2n) is 3.91. The Balaban J connectivity index is 2.14. The van der Waals surface area contributed by atoms with Crippen LogP contribution in [0.2, 0.25) is 0 Å². The summed E-state index contributed by atoms with van der Waals surface area (Å²) in [6.45, 7) is 0.395. The second-order valence-corrected chi connectivity index (χ2v) is 3.91. The van der Waals surface area contributed by atoms with E-state index in [1.165, 1.54) is 0 Å². The van der Waals surface area contributed by atoms with Gasteiger partial charge in [-0.25, -0.2) is 0 Å². The van der Waals surface area contributed by atoms with Crippen molar-refractivity contribution in [1.29, 1.82) is 0 Å². The summed E-state index contributed by atoms with van der Waals surface area (Å²) in [6, 6.07) is 20.1. The van der Waals surface area contributed by atoms with Crippen LogP contribution in [0.15, 0.2) is 65.7 Å². The molecule has 3 N–H and O–H groups in total. The highest BCUT2D eigenvalue weighted by Crippen LogP contribution is 2.13. The van der Waals surface area contributed by atoms with Crippen LogP contribution in [-0.2, 0) is 0 Å². The lowest BCUT2D eigenvalue weighted by Gasteiger charge is -2.13. The van der Waals surface area contributed by atoms with Gasteiger partial charge in [0.2, 0.25) is 0 Å². The summed E-state index contributed by atoms with van der Waals surface area (Å²) in [5, 5.41) is 3.15. The van der Waals surface area contributed by atoms with Crippen molar-refractivity contribution in [2.75, 3.05) is 6.67 Å². The molecule has 3 heteroatoms. The van der Waals surface area contributed by atoms with Crippen molar-refractivity contribution in [3.63, 3.8) is 0 Å². The fourth-order valence-electron chi connectivity index (χ4n) is 1.70. The van der Waals surface area contributed by atoms with Crippen LogP contribution in [0.25, 0.3) is 0 Å². The summed E-state index contributed by atoms with van der Waals surface area (Å²) in [5.41, 5.74) is 7.74. The van der Waals surface area contributed by atoms with Crippen molar-refractivity contribution >= 4 is 6.21 Å². The van der Waals surface area contributed by atoms with Gasteiger partial charge in [0.15, 0.2) is 0 Å². The average Bonchev–Trinajstić information content (AvgIpc) is 2.45. The molecule has 0 aliphatic heterocycles. The van der Waals surface area contributed by atoms with Crippen LogP contribution in [0, 0.1) is 0 Å². The first kappa shape index (κ1) is 12.5. The van der Waals surface area contributed by atoms with Crippen LogP contribution in [-0.4, -0.2) is 12.9 Å². The van der Waals surface area contributed by atoms with E-state index < -0.39 is 0 Å². The Labute approximate surface area is 107 Å². The predicted molar refractivity (Wildman–Crippen MR) is 75.4 cm³/mol. The van der Waals surface area contributed by atoms with Gasteiger partial charge in [-0.2, -0.15) is 0 Å².